The molecule has 2 aromatic heterocycles. The van der Waals surface area contributed by atoms with Gasteiger partial charge in [-0.25, -0.2) is 9.67 Å². The van der Waals surface area contributed by atoms with E-state index in [1.54, 1.807) is 4.68 Å². The molecule has 0 aliphatic carbocycles. The van der Waals surface area contributed by atoms with E-state index in [0.717, 1.165) is 0 Å². The molecular weight excluding hydrogens is 232 g/mol. The first kappa shape index (κ1) is 12.2. The highest BCUT2D eigenvalue weighted by atomic mass is 16.2. The van der Waals surface area contributed by atoms with E-state index < -0.39 is 0 Å². The highest BCUT2D eigenvalue weighted by molar-refractivity contribution is 6.01. The number of aromatic nitrogens is 5. The fourth-order valence-electron chi connectivity index (χ4n) is 1.40. The first-order chi connectivity index (χ1) is 8.48. The van der Waals surface area contributed by atoms with Gasteiger partial charge >= 0.3 is 0 Å². The summed E-state index contributed by atoms with van der Waals surface area (Å²) in [6.45, 7) is 5.92. The molecule has 0 unspecified atom stereocenters. The lowest BCUT2D eigenvalue weighted by Gasteiger charge is -2.20. The largest absolute Gasteiger partial charge is 0.289 e. The van der Waals surface area contributed by atoms with Crippen LogP contribution in [0.15, 0.2) is 24.9 Å². The van der Waals surface area contributed by atoms with Gasteiger partial charge in [-0.2, -0.15) is 10.1 Å². The van der Waals surface area contributed by atoms with Crippen LogP contribution < -0.4 is 5.32 Å². The molecular formula is C11H14N6O. The monoisotopic (exact) mass is 246 g/mol. The number of carbonyl (C=O) groups is 1. The highest BCUT2D eigenvalue weighted by Crippen LogP contribution is 2.17. The van der Waals surface area contributed by atoms with E-state index in [1.165, 1.54) is 24.9 Å². The van der Waals surface area contributed by atoms with Gasteiger partial charge in [-0.15, -0.1) is 0 Å². The van der Waals surface area contributed by atoms with Crippen LogP contribution in [0.5, 0.6) is 0 Å². The Morgan fingerprint density at radius 1 is 1.28 bits per heavy atom. The van der Waals surface area contributed by atoms with Crippen LogP contribution in [0.1, 0.15) is 31.3 Å². The third-order valence-electron chi connectivity index (χ3n) is 2.20. The van der Waals surface area contributed by atoms with E-state index in [-0.39, 0.29) is 17.1 Å². The molecule has 0 aromatic carbocycles. The van der Waals surface area contributed by atoms with Crippen LogP contribution in [-0.4, -0.2) is 30.6 Å². The predicted octanol–water partition coefficient (Wildman–Crippen LogP) is 1.08. The first-order valence-electron chi connectivity index (χ1n) is 5.46. The summed E-state index contributed by atoms with van der Waals surface area (Å²) in [5.74, 6) is 0.0275. The molecule has 18 heavy (non-hydrogen) atoms. The Bertz CT molecular complexity index is 542. The Morgan fingerprint density at radius 2 is 2.06 bits per heavy atom. The molecule has 94 valence electrons. The van der Waals surface area contributed by atoms with Crippen molar-refractivity contribution in [3.8, 4) is 0 Å². The summed E-state index contributed by atoms with van der Waals surface area (Å²) in [5.41, 5.74) is -0.0254. The van der Waals surface area contributed by atoms with Crippen molar-refractivity contribution in [3.05, 3.63) is 30.6 Å². The summed E-state index contributed by atoms with van der Waals surface area (Å²) in [6.07, 6.45) is 5.77. The van der Waals surface area contributed by atoms with Crippen molar-refractivity contribution in [1.82, 2.24) is 24.7 Å². The quantitative estimate of drug-likeness (QED) is 0.856. The molecule has 0 saturated heterocycles. The lowest BCUT2D eigenvalue weighted by Crippen LogP contribution is -2.27. The Morgan fingerprint density at radius 3 is 2.67 bits per heavy atom. The first-order valence-corrected chi connectivity index (χ1v) is 5.46. The molecule has 0 aliphatic heterocycles. The topological polar surface area (TPSA) is 85.6 Å². The van der Waals surface area contributed by atoms with Crippen LogP contribution in [0, 0.1) is 0 Å². The molecule has 2 aromatic rings. The van der Waals surface area contributed by atoms with E-state index >= 15 is 0 Å². The Labute approximate surface area is 104 Å². The average molecular weight is 246 g/mol. The number of nitrogens with zero attached hydrogens (tertiary/aromatic N) is 5. The van der Waals surface area contributed by atoms with Gasteiger partial charge in [0.1, 0.15) is 12.0 Å². The molecule has 0 bridgehead atoms. The van der Waals surface area contributed by atoms with Crippen molar-refractivity contribution in [2.75, 3.05) is 5.32 Å². The van der Waals surface area contributed by atoms with Gasteiger partial charge in [0, 0.05) is 12.4 Å². The molecule has 2 heterocycles. The SMILES string of the molecule is CC(C)(C)n1ncnc1NC(=O)c1cnccn1. The zero-order chi connectivity index (χ0) is 13.2. The Hall–Kier alpha value is -2.31. The van der Waals surface area contributed by atoms with Crippen molar-refractivity contribution in [2.45, 2.75) is 26.3 Å². The zero-order valence-electron chi connectivity index (χ0n) is 10.5. The third kappa shape index (κ3) is 2.50. The lowest BCUT2D eigenvalue weighted by atomic mass is 10.1. The van der Waals surface area contributed by atoms with Gasteiger partial charge in [-0.3, -0.25) is 15.1 Å². The summed E-state index contributed by atoms with van der Waals surface area (Å²) >= 11 is 0. The summed E-state index contributed by atoms with van der Waals surface area (Å²) < 4.78 is 1.64. The van der Waals surface area contributed by atoms with Gasteiger partial charge in [0.05, 0.1) is 11.7 Å². The summed E-state index contributed by atoms with van der Waals surface area (Å²) in [5, 5.41) is 6.75. The number of carbonyl (C=O) groups excluding carboxylic acids is 1. The van der Waals surface area contributed by atoms with Gasteiger partial charge in [-0.05, 0) is 20.8 Å². The number of rotatable bonds is 2. The maximum absolute atomic E-state index is 11.9. The van der Waals surface area contributed by atoms with E-state index in [9.17, 15) is 4.79 Å². The van der Waals surface area contributed by atoms with Crippen molar-refractivity contribution < 1.29 is 4.79 Å². The fraction of sp³-hybridized carbons (Fsp3) is 0.364. The number of hydrogen-bond donors (Lipinski definition) is 1. The molecule has 1 amide bonds. The average Bonchev–Trinajstić information content (AvgIpc) is 2.78. The van der Waals surface area contributed by atoms with Crippen molar-refractivity contribution in [3.63, 3.8) is 0 Å². The minimum Gasteiger partial charge on any atom is -0.289 e. The van der Waals surface area contributed by atoms with Gasteiger partial charge in [0.15, 0.2) is 0 Å². The standard InChI is InChI=1S/C11H14N6O/c1-11(2,3)17-10(14-7-15-17)16-9(18)8-6-12-4-5-13-8/h4-7H,1-3H3,(H,14,15,16,18). The summed E-state index contributed by atoms with van der Waals surface area (Å²) in [4.78, 5) is 23.7. The van der Waals surface area contributed by atoms with Crippen molar-refractivity contribution >= 4 is 11.9 Å². The molecule has 7 heteroatoms. The van der Waals surface area contributed by atoms with E-state index in [0.29, 0.717) is 5.95 Å². The van der Waals surface area contributed by atoms with Crippen LogP contribution in [0.4, 0.5) is 5.95 Å². The molecule has 0 aliphatic rings. The van der Waals surface area contributed by atoms with Crippen LogP contribution in [0.3, 0.4) is 0 Å². The number of anilines is 1. The molecule has 2 rings (SSSR count). The lowest BCUT2D eigenvalue weighted by molar-refractivity contribution is 0.102. The molecule has 7 nitrogen and oxygen atoms in total. The molecule has 0 radical (unpaired) electrons. The summed E-state index contributed by atoms with van der Waals surface area (Å²) in [7, 11) is 0. The maximum Gasteiger partial charge on any atom is 0.278 e. The second-order valence-electron chi connectivity index (χ2n) is 4.71. The van der Waals surface area contributed by atoms with Crippen molar-refractivity contribution in [2.24, 2.45) is 0 Å². The fourth-order valence-corrected chi connectivity index (χ4v) is 1.40. The number of amides is 1. The third-order valence-corrected chi connectivity index (χ3v) is 2.20. The highest BCUT2D eigenvalue weighted by Gasteiger charge is 2.20. The molecule has 0 spiro atoms. The molecule has 1 N–H and O–H groups in total. The van der Waals surface area contributed by atoms with Crippen molar-refractivity contribution in [1.29, 1.82) is 0 Å². The molecule has 0 atom stereocenters. The Kier molecular flexibility index (Phi) is 3.05. The minimum absolute atomic E-state index is 0.237. The number of hydrogen-bond acceptors (Lipinski definition) is 5. The zero-order valence-corrected chi connectivity index (χ0v) is 10.5. The van der Waals surface area contributed by atoms with Crippen LogP contribution in [0.25, 0.3) is 0 Å². The maximum atomic E-state index is 11.9. The predicted molar refractivity (Wildman–Crippen MR) is 65.0 cm³/mol. The second-order valence-corrected chi connectivity index (χ2v) is 4.71. The smallest absolute Gasteiger partial charge is 0.278 e. The Balaban J connectivity index is 2.21. The van der Waals surface area contributed by atoms with Crippen LogP contribution >= 0.6 is 0 Å². The number of nitrogens with one attached hydrogen (secondary N) is 1. The minimum atomic E-state index is -0.360. The summed E-state index contributed by atoms with van der Waals surface area (Å²) in [6, 6.07) is 0. The van der Waals surface area contributed by atoms with Crippen LogP contribution in [-0.2, 0) is 5.54 Å². The molecule has 0 saturated carbocycles. The normalized spacial score (nSPS) is 11.3. The second kappa shape index (κ2) is 4.52. The van der Waals surface area contributed by atoms with Gasteiger partial charge in [-0.1, -0.05) is 0 Å². The van der Waals surface area contributed by atoms with Gasteiger partial charge < -0.3 is 0 Å². The van der Waals surface area contributed by atoms with Gasteiger partial charge in [0.25, 0.3) is 5.91 Å². The van der Waals surface area contributed by atoms with Gasteiger partial charge in [0.2, 0.25) is 5.95 Å². The van der Waals surface area contributed by atoms with Crippen LogP contribution in [0.2, 0.25) is 0 Å². The van der Waals surface area contributed by atoms with E-state index in [2.05, 4.69) is 25.4 Å². The van der Waals surface area contributed by atoms with E-state index in [4.69, 9.17) is 0 Å². The molecule has 0 fully saturated rings. The van der Waals surface area contributed by atoms with E-state index in [1.807, 2.05) is 20.8 Å².